The van der Waals surface area contributed by atoms with Gasteiger partial charge in [-0.1, -0.05) is 11.6 Å². The van der Waals surface area contributed by atoms with E-state index < -0.39 is 0 Å². The molecule has 0 aliphatic heterocycles. The molecule has 7 heteroatoms. The second kappa shape index (κ2) is 5.03. The predicted octanol–water partition coefficient (Wildman–Crippen LogP) is 2.14. The molecule has 0 spiro atoms. The van der Waals surface area contributed by atoms with Crippen LogP contribution < -0.4 is 5.73 Å². The number of nitrogens with zero attached hydrogens (tertiary/aromatic N) is 4. The van der Waals surface area contributed by atoms with Gasteiger partial charge in [-0.2, -0.15) is 0 Å². The lowest BCUT2D eigenvalue weighted by Gasteiger charge is -2.40. The Labute approximate surface area is 121 Å². The van der Waals surface area contributed by atoms with E-state index in [0.29, 0.717) is 23.1 Å². The highest BCUT2D eigenvalue weighted by molar-refractivity contribution is 6.33. The maximum Gasteiger partial charge on any atom is 0.182 e. The molecule has 0 atom stereocenters. The van der Waals surface area contributed by atoms with Crippen molar-refractivity contribution in [3.8, 4) is 11.4 Å². The number of rotatable bonds is 4. The van der Waals surface area contributed by atoms with Crippen LogP contribution in [0.25, 0.3) is 11.4 Å². The topological polar surface area (TPSA) is 78.8 Å². The van der Waals surface area contributed by atoms with Gasteiger partial charge in [-0.3, -0.25) is 0 Å². The zero-order valence-corrected chi connectivity index (χ0v) is 12.0. The van der Waals surface area contributed by atoms with Crippen molar-refractivity contribution in [2.75, 3.05) is 12.8 Å². The Balaban J connectivity index is 1.91. The summed E-state index contributed by atoms with van der Waals surface area (Å²) in [6.07, 6.45) is 3.25. The molecule has 1 aromatic carbocycles. The number of methoxy groups -OCH3 is 1. The summed E-state index contributed by atoms with van der Waals surface area (Å²) in [5.41, 5.74) is 7.06. The Bertz CT molecular complexity index is 617. The molecule has 106 valence electrons. The van der Waals surface area contributed by atoms with Crippen LogP contribution in [0.1, 0.15) is 19.3 Å². The van der Waals surface area contributed by atoms with Crippen molar-refractivity contribution in [3.63, 3.8) is 0 Å². The molecule has 1 aliphatic rings. The van der Waals surface area contributed by atoms with Gasteiger partial charge in [-0.25, -0.2) is 4.68 Å². The highest BCUT2D eigenvalue weighted by Gasteiger charge is 2.38. The van der Waals surface area contributed by atoms with Crippen LogP contribution in [-0.4, -0.2) is 32.9 Å². The molecular formula is C13H16ClN5O. The summed E-state index contributed by atoms with van der Waals surface area (Å²) in [5.74, 6) is 0.677. The van der Waals surface area contributed by atoms with Crippen LogP contribution >= 0.6 is 11.6 Å². The molecule has 0 amide bonds. The average Bonchev–Trinajstić information content (AvgIpc) is 2.85. The zero-order valence-electron chi connectivity index (χ0n) is 11.2. The third-order valence-corrected chi connectivity index (χ3v) is 4.27. The van der Waals surface area contributed by atoms with Crippen LogP contribution in [0.2, 0.25) is 5.02 Å². The Morgan fingerprint density at radius 2 is 2.25 bits per heavy atom. The standard InChI is InChI=1S/C13H16ClN5O/c1-20-13(5-2-6-13)8-19-12(16-17-18-19)9-3-4-10(14)11(15)7-9/h3-4,7H,2,5-6,8,15H2,1H3. The van der Waals surface area contributed by atoms with Gasteiger partial charge in [0.05, 0.1) is 22.9 Å². The molecule has 6 nitrogen and oxygen atoms in total. The number of nitrogens with two attached hydrogens (primary N) is 1. The smallest absolute Gasteiger partial charge is 0.182 e. The number of tetrazole rings is 1. The molecule has 0 unspecified atom stereocenters. The molecular weight excluding hydrogens is 278 g/mol. The minimum Gasteiger partial charge on any atom is -0.398 e. The van der Waals surface area contributed by atoms with Crippen LogP contribution in [0, 0.1) is 0 Å². The Hall–Kier alpha value is -1.66. The van der Waals surface area contributed by atoms with Gasteiger partial charge in [-0.15, -0.1) is 5.10 Å². The van der Waals surface area contributed by atoms with Gasteiger partial charge in [-0.05, 0) is 47.9 Å². The lowest BCUT2D eigenvalue weighted by molar-refractivity contribution is -0.0855. The summed E-state index contributed by atoms with van der Waals surface area (Å²) < 4.78 is 7.39. The molecule has 0 radical (unpaired) electrons. The first-order chi connectivity index (χ1) is 9.63. The number of halogens is 1. The van der Waals surface area contributed by atoms with Gasteiger partial charge >= 0.3 is 0 Å². The van der Waals surface area contributed by atoms with E-state index in [-0.39, 0.29) is 5.60 Å². The van der Waals surface area contributed by atoms with E-state index in [9.17, 15) is 0 Å². The molecule has 2 aromatic rings. The van der Waals surface area contributed by atoms with E-state index in [4.69, 9.17) is 22.1 Å². The van der Waals surface area contributed by atoms with Gasteiger partial charge < -0.3 is 10.5 Å². The summed E-state index contributed by atoms with van der Waals surface area (Å²) >= 11 is 5.94. The molecule has 0 bridgehead atoms. The summed E-state index contributed by atoms with van der Waals surface area (Å²) in [4.78, 5) is 0. The quantitative estimate of drug-likeness (QED) is 0.874. The van der Waals surface area contributed by atoms with Crippen molar-refractivity contribution < 1.29 is 4.74 Å². The number of benzene rings is 1. The average molecular weight is 294 g/mol. The molecule has 2 N–H and O–H groups in total. The fraction of sp³-hybridized carbons (Fsp3) is 0.462. The molecule has 1 aromatic heterocycles. The van der Waals surface area contributed by atoms with Crippen molar-refractivity contribution in [3.05, 3.63) is 23.2 Å². The summed E-state index contributed by atoms with van der Waals surface area (Å²) in [6, 6.07) is 5.40. The van der Waals surface area contributed by atoms with E-state index >= 15 is 0 Å². The first-order valence-corrected chi connectivity index (χ1v) is 6.88. The molecule has 1 fully saturated rings. The minimum atomic E-state index is -0.137. The predicted molar refractivity (Wildman–Crippen MR) is 76.3 cm³/mol. The number of ether oxygens (including phenoxy) is 1. The maximum atomic E-state index is 5.94. The number of hydrogen-bond donors (Lipinski definition) is 1. The Morgan fingerprint density at radius 3 is 2.85 bits per heavy atom. The van der Waals surface area contributed by atoms with Crippen LogP contribution in [0.4, 0.5) is 5.69 Å². The Morgan fingerprint density at radius 1 is 1.45 bits per heavy atom. The highest BCUT2D eigenvalue weighted by Crippen LogP contribution is 2.37. The minimum absolute atomic E-state index is 0.137. The third-order valence-electron chi connectivity index (χ3n) is 3.92. The van der Waals surface area contributed by atoms with Crippen molar-refractivity contribution in [1.82, 2.24) is 20.2 Å². The van der Waals surface area contributed by atoms with Gasteiger partial charge in [0.1, 0.15) is 0 Å². The Kier molecular flexibility index (Phi) is 3.35. The molecule has 1 saturated carbocycles. The van der Waals surface area contributed by atoms with Gasteiger partial charge in [0.25, 0.3) is 0 Å². The highest BCUT2D eigenvalue weighted by atomic mass is 35.5. The second-order valence-corrected chi connectivity index (χ2v) is 5.54. The van der Waals surface area contributed by atoms with Gasteiger partial charge in [0.2, 0.25) is 0 Å². The van der Waals surface area contributed by atoms with E-state index in [1.165, 1.54) is 6.42 Å². The number of nitrogen functional groups attached to an aromatic ring is 1. The zero-order chi connectivity index (χ0) is 14.2. The van der Waals surface area contributed by atoms with Gasteiger partial charge in [0, 0.05) is 12.7 Å². The van der Waals surface area contributed by atoms with E-state index in [0.717, 1.165) is 18.4 Å². The van der Waals surface area contributed by atoms with E-state index in [1.807, 2.05) is 6.07 Å². The lowest BCUT2D eigenvalue weighted by Crippen LogP contribution is -2.43. The van der Waals surface area contributed by atoms with Crippen molar-refractivity contribution in [2.45, 2.75) is 31.4 Å². The fourth-order valence-corrected chi connectivity index (χ4v) is 2.59. The summed E-state index contributed by atoms with van der Waals surface area (Å²) in [7, 11) is 1.74. The lowest BCUT2D eigenvalue weighted by atomic mass is 9.80. The number of aromatic nitrogens is 4. The maximum absolute atomic E-state index is 5.94. The van der Waals surface area contributed by atoms with Crippen LogP contribution in [0.3, 0.4) is 0 Å². The van der Waals surface area contributed by atoms with Crippen LogP contribution in [-0.2, 0) is 11.3 Å². The molecule has 20 heavy (non-hydrogen) atoms. The first-order valence-electron chi connectivity index (χ1n) is 6.50. The molecule has 1 aliphatic carbocycles. The monoisotopic (exact) mass is 293 g/mol. The van der Waals surface area contributed by atoms with Crippen LogP contribution in [0.15, 0.2) is 18.2 Å². The van der Waals surface area contributed by atoms with Gasteiger partial charge in [0.15, 0.2) is 5.82 Å². The largest absolute Gasteiger partial charge is 0.398 e. The molecule has 3 rings (SSSR count). The SMILES string of the molecule is COC1(Cn2nnnc2-c2ccc(Cl)c(N)c2)CCC1. The third kappa shape index (κ3) is 2.25. The van der Waals surface area contributed by atoms with Crippen LogP contribution in [0.5, 0.6) is 0 Å². The normalized spacial score (nSPS) is 16.9. The fourth-order valence-electron chi connectivity index (χ4n) is 2.47. The van der Waals surface area contributed by atoms with Crippen molar-refractivity contribution in [1.29, 1.82) is 0 Å². The summed E-state index contributed by atoms with van der Waals surface area (Å²) in [5, 5.41) is 12.4. The molecule has 1 heterocycles. The van der Waals surface area contributed by atoms with E-state index in [2.05, 4.69) is 15.5 Å². The van der Waals surface area contributed by atoms with E-state index in [1.54, 1.807) is 23.9 Å². The first kappa shape index (κ1) is 13.3. The number of hydrogen-bond acceptors (Lipinski definition) is 5. The van der Waals surface area contributed by atoms with Crippen molar-refractivity contribution >= 4 is 17.3 Å². The number of anilines is 1. The molecule has 0 saturated heterocycles. The second-order valence-electron chi connectivity index (χ2n) is 5.14. The van der Waals surface area contributed by atoms with Crippen molar-refractivity contribution in [2.24, 2.45) is 0 Å². The summed E-state index contributed by atoms with van der Waals surface area (Å²) in [6.45, 7) is 0.647.